The van der Waals surface area contributed by atoms with Gasteiger partial charge in [0, 0.05) is 17.8 Å². The van der Waals surface area contributed by atoms with Crippen molar-refractivity contribution >= 4 is 21.7 Å². The van der Waals surface area contributed by atoms with Gasteiger partial charge in [-0.3, -0.25) is 4.79 Å². The number of aromatic nitrogens is 1. The molecule has 0 bridgehead atoms. The van der Waals surface area contributed by atoms with Gasteiger partial charge in [0.2, 0.25) is 6.79 Å². The van der Waals surface area contributed by atoms with Gasteiger partial charge in [-0.25, -0.2) is 0 Å². The van der Waals surface area contributed by atoms with E-state index in [2.05, 4.69) is 0 Å². The fraction of sp³-hybridized carbons (Fsp3) is 0.133. The molecule has 4 heteroatoms. The first kappa shape index (κ1) is 10.4. The van der Waals surface area contributed by atoms with Gasteiger partial charge in [-0.15, -0.1) is 0 Å². The molecule has 1 aliphatic heterocycles. The van der Waals surface area contributed by atoms with E-state index >= 15 is 0 Å². The summed E-state index contributed by atoms with van der Waals surface area (Å²) in [7, 11) is 1.79. The topological polar surface area (TPSA) is 40.5 Å². The lowest BCUT2D eigenvalue weighted by atomic mass is 10.0. The molecular formula is C15H11NO3. The van der Waals surface area contributed by atoms with Crippen LogP contribution in [0, 0.1) is 0 Å². The Hall–Kier alpha value is -2.49. The molecule has 0 amide bonds. The number of aryl methyl sites for hydroxylation is 1. The standard InChI is InChI=1S/C15H11NO3/c1-16-11-5-3-2-4-9(11)13-10(15(16)17)6-7-12-14(13)19-8-18-12/h2-7H,8H2,1H3. The zero-order valence-electron chi connectivity index (χ0n) is 10.3. The summed E-state index contributed by atoms with van der Waals surface area (Å²) < 4.78 is 12.6. The molecule has 1 aromatic heterocycles. The van der Waals surface area contributed by atoms with Gasteiger partial charge in [0.15, 0.2) is 11.5 Å². The molecule has 3 aromatic rings. The number of pyridine rings is 1. The maximum atomic E-state index is 12.4. The van der Waals surface area contributed by atoms with E-state index in [1.807, 2.05) is 24.3 Å². The number of fused-ring (bicyclic) bond motifs is 5. The Balaban J connectivity index is 2.37. The molecule has 2 heterocycles. The molecule has 94 valence electrons. The molecule has 0 radical (unpaired) electrons. The van der Waals surface area contributed by atoms with Crippen molar-refractivity contribution in [3.05, 3.63) is 46.8 Å². The van der Waals surface area contributed by atoms with Crippen molar-refractivity contribution in [2.24, 2.45) is 7.05 Å². The summed E-state index contributed by atoms with van der Waals surface area (Å²) in [6, 6.07) is 11.4. The fourth-order valence-electron chi connectivity index (χ4n) is 2.69. The van der Waals surface area contributed by atoms with Crippen LogP contribution in [-0.2, 0) is 7.05 Å². The second-order valence-electron chi connectivity index (χ2n) is 4.60. The normalized spacial score (nSPS) is 13.3. The van der Waals surface area contributed by atoms with E-state index in [1.54, 1.807) is 23.7 Å². The molecule has 0 N–H and O–H groups in total. The summed E-state index contributed by atoms with van der Waals surface area (Å²) in [4.78, 5) is 12.4. The summed E-state index contributed by atoms with van der Waals surface area (Å²) in [5, 5.41) is 2.50. The number of hydrogen-bond donors (Lipinski definition) is 0. The number of ether oxygens (including phenoxy) is 2. The average Bonchev–Trinajstić information content (AvgIpc) is 2.92. The summed E-state index contributed by atoms with van der Waals surface area (Å²) in [5.74, 6) is 1.37. The summed E-state index contributed by atoms with van der Waals surface area (Å²) in [5.41, 5.74) is 0.871. The van der Waals surface area contributed by atoms with Crippen molar-refractivity contribution in [2.45, 2.75) is 0 Å². The molecular weight excluding hydrogens is 242 g/mol. The molecule has 0 aliphatic carbocycles. The van der Waals surface area contributed by atoms with Crippen LogP contribution in [0.4, 0.5) is 0 Å². The van der Waals surface area contributed by atoms with Crippen LogP contribution in [0.1, 0.15) is 0 Å². The number of hydrogen-bond acceptors (Lipinski definition) is 3. The zero-order chi connectivity index (χ0) is 13.0. The highest BCUT2D eigenvalue weighted by molar-refractivity contribution is 6.10. The molecule has 0 spiro atoms. The first-order valence-corrected chi connectivity index (χ1v) is 6.07. The molecule has 0 saturated carbocycles. The Morgan fingerprint density at radius 3 is 2.79 bits per heavy atom. The van der Waals surface area contributed by atoms with E-state index in [0.717, 1.165) is 16.3 Å². The second kappa shape index (κ2) is 3.51. The molecule has 4 nitrogen and oxygen atoms in total. The number of nitrogens with zero attached hydrogens (tertiary/aromatic N) is 1. The van der Waals surface area contributed by atoms with Crippen molar-refractivity contribution in [1.82, 2.24) is 4.57 Å². The minimum Gasteiger partial charge on any atom is -0.454 e. The molecule has 1 aliphatic rings. The predicted molar refractivity (Wildman–Crippen MR) is 72.8 cm³/mol. The van der Waals surface area contributed by atoms with Gasteiger partial charge in [0.05, 0.1) is 10.9 Å². The highest BCUT2D eigenvalue weighted by atomic mass is 16.7. The Labute approximate surface area is 108 Å². The first-order valence-electron chi connectivity index (χ1n) is 6.07. The Kier molecular flexibility index (Phi) is 1.93. The lowest BCUT2D eigenvalue weighted by Crippen LogP contribution is -2.17. The Morgan fingerprint density at radius 1 is 1.05 bits per heavy atom. The molecule has 0 saturated heterocycles. The Morgan fingerprint density at radius 2 is 1.89 bits per heavy atom. The fourth-order valence-corrected chi connectivity index (χ4v) is 2.69. The van der Waals surface area contributed by atoms with Crippen molar-refractivity contribution < 1.29 is 9.47 Å². The molecule has 0 fully saturated rings. The summed E-state index contributed by atoms with van der Waals surface area (Å²) in [6.07, 6.45) is 0. The summed E-state index contributed by atoms with van der Waals surface area (Å²) >= 11 is 0. The minimum atomic E-state index is -0.0213. The van der Waals surface area contributed by atoms with E-state index in [-0.39, 0.29) is 12.4 Å². The monoisotopic (exact) mass is 253 g/mol. The second-order valence-corrected chi connectivity index (χ2v) is 4.60. The SMILES string of the molecule is Cn1c(=O)c2ccc3c(c2c2ccccc21)OCO3. The minimum absolute atomic E-state index is 0.0213. The van der Waals surface area contributed by atoms with E-state index in [4.69, 9.17) is 9.47 Å². The number of benzene rings is 2. The zero-order valence-corrected chi connectivity index (χ0v) is 10.3. The maximum absolute atomic E-state index is 12.4. The molecule has 0 atom stereocenters. The third kappa shape index (κ3) is 1.25. The van der Waals surface area contributed by atoms with Crippen LogP contribution in [0.3, 0.4) is 0 Å². The third-order valence-corrected chi connectivity index (χ3v) is 3.61. The lowest BCUT2D eigenvalue weighted by Gasteiger charge is -2.10. The van der Waals surface area contributed by atoms with Gasteiger partial charge in [-0.2, -0.15) is 0 Å². The van der Waals surface area contributed by atoms with E-state index in [0.29, 0.717) is 16.9 Å². The predicted octanol–water partition coefficient (Wildman–Crippen LogP) is 2.42. The van der Waals surface area contributed by atoms with Crippen LogP contribution in [0.2, 0.25) is 0 Å². The van der Waals surface area contributed by atoms with Gasteiger partial charge >= 0.3 is 0 Å². The average molecular weight is 253 g/mol. The molecule has 19 heavy (non-hydrogen) atoms. The van der Waals surface area contributed by atoms with E-state index in [9.17, 15) is 4.79 Å². The number of rotatable bonds is 0. The Bertz CT molecular complexity index is 880. The smallest absolute Gasteiger partial charge is 0.258 e. The molecule has 0 unspecified atom stereocenters. The molecule has 4 rings (SSSR count). The van der Waals surface area contributed by atoms with Crippen molar-refractivity contribution in [3.8, 4) is 11.5 Å². The van der Waals surface area contributed by atoms with Crippen LogP contribution < -0.4 is 15.0 Å². The van der Waals surface area contributed by atoms with Gasteiger partial charge in [0.25, 0.3) is 5.56 Å². The van der Waals surface area contributed by atoms with Crippen molar-refractivity contribution in [2.75, 3.05) is 6.79 Å². The van der Waals surface area contributed by atoms with Crippen LogP contribution in [0.25, 0.3) is 21.7 Å². The van der Waals surface area contributed by atoms with E-state index < -0.39 is 0 Å². The number of para-hydroxylation sites is 1. The third-order valence-electron chi connectivity index (χ3n) is 3.61. The van der Waals surface area contributed by atoms with Gasteiger partial charge in [-0.1, -0.05) is 18.2 Å². The van der Waals surface area contributed by atoms with Gasteiger partial charge < -0.3 is 14.0 Å². The highest BCUT2D eigenvalue weighted by Gasteiger charge is 2.20. The molecule has 2 aromatic carbocycles. The first-order chi connectivity index (χ1) is 9.27. The lowest BCUT2D eigenvalue weighted by molar-refractivity contribution is 0.175. The van der Waals surface area contributed by atoms with Gasteiger partial charge in [0.1, 0.15) is 0 Å². The highest BCUT2D eigenvalue weighted by Crippen LogP contribution is 2.41. The maximum Gasteiger partial charge on any atom is 0.258 e. The van der Waals surface area contributed by atoms with Gasteiger partial charge in [-0.05, 0) is 18.2 Å². The van der Waals surface area contributed by atoms with Crippen LogP contribution in [0.5, 0.6) is 11.5 Å². The summed E-state index contributed by atoms with van der Waals surface area (Å²) in [6.45, 7) is 0.206. The largest absolute Gasteiger partial charge is 0.454 e. The van der Waals surface area contributed by atoms with Crippen LogP contribution in [0.15, 0.2) is 41.2 Å². The van der Waals surface area contributed by atoms with Crippen LogP contribution in [-0.4, -0.2) is 11.4 Å². The van der Waals surface area contributed by atoms with Crippen molar-refractivity contribution in [3.63, 3.8) is 0 Å². The van der Waals surface area contributed by atoms with Crippen molar-refractivity contribution in [1.29, 1.82) is 0 Å². The quantitative estimate of drug-likeness (QED) is 0.578. The van der Waals surface area contributed by atoms with Crippen LogP contribution >= 0.6 is 0 Å². The van der Waals surface area contributed by atoms with E-state index in [1.165, 1.54) is 0 Å².